The average molecular weight is 312 g/mol. The molecule has 0 radical (unpaired) electrons. The van der Waals surface area contributed by atoms with Crippen molar-refractivity contribution >= 4 is 21.7 Å². The van der Waals surface area contributed by atoms with Crippen LogP contribution in [0, 0.1) is 0 Å². The quantitative estimate of drug-likeness (QED) is 0.783. The summed E-state index contributed by atoms with van der Waals surface area (Å²) in [5.41, 5.74) is 0.353. The minimum Gasteiger partial charge on any atom is -0.497 e. The highest BCUT2D eigenvalue weighted by atomic mass is 32.2. The molecule has 1 heterocycles. The van der Waals surface area contributed by atoms with E-state index in [4.69, 9.17) is 4.74 Å². The van der Waals surface area contributed by atoms with Crippen molar-refractivity contribution in [1.29, 1.82) is 0 Å². The van der Waals surface area contributed by atoms with Crippen molar-refractivity contribution in [2.75, 3.05) is 25.6 Å². The fourth-order valence-electron chi connectivity index (χ4n) is 2.32. The number of fused-ring (bicyclic) bond motifs is 1. The predicted octanol–water partition coefficient (Wildman–Crippen LogP) is 2.45. The van der Waals surface area contributed by atoms with E-state index in [1.807, 2.05) is 6.92 Å². The third-order valence-electron chi connectivity index (χ3n) is 3.56. The van der Waals surface area contributed by atoms with Crippen molar-refractivity contribution in [2.24, 2.45) is 0 Å². The molecule has 0 N–H and O–H groups in total. The van der Waals surface area contributed by atoms with Crippen LogP contribution in [0.25, 0.3) is 0 Å². The van der Waals surface area contributed by atoms with E-state index < -0.39 is 16.1 Å². The Bertz CT molecular complexity index is 642. The van der Waals surface area contributed by atoms with Crippen LogP contribution >= 0.6 is 0 Å². The molecule has 116 valence electrons. The number of hydrogen-bond acceptors (Lipinski definition) is 4. The van der Waals surface area contributed by atoms with Gasteiger partial charge in [0.1, 0.15) is 10.6 Å². The van der Waals surface area contributed by atoms with Gasteiger partial charge < -0.3 is 4.74 Å². The Balaban J connectivity index is 2.44. The number of rotatable bonds is 5. The number of hydrogen-bond donors (Lipinski definition) is 0. The first kappa shape index (κ1) is 15.6. The molecule has 0 spiro atoms. The van der Waals surface area contributed by atoms with Crippen molar-refractivity contribution in [3.05, 3.63) is 18.2 Å². The Hall–Kier alpha value is -1.76. The first-order valence-corrected chi connectivity index (χ1v) is 8.36. The lowest BCUT2D eigenvalue weighted by Crippen LogP contribution is -2.49. The summed E-state index contributed by atoms with van der Waals surface area (Å²) >= 11 is 0. The van der Waals surface area contributed by atoms with Crippen LogP contribution in [0.2, 0.25) is 0 Å². The monoisotopic (exact) mass is 312 g/mol. The summed E-state index contributed by atoms with van der Waals surface area (Å²) in [5.74, 6) is 0.517. The van der Waals surface area contributed by atoms with Gasteiger partial charge in [-0.05, 0) is 18.6 Å². The van der Waals surface area contributed by atoms with Gasteiger partial charge in [0, 0.05) is 19.7 Å². The smallest absolute Gasteiger partial charge is 0.338 e. The Kier molecular flexibility index (Phi) is 4.41. The molecule has 21 heavy (non-hydrogen) atoms. The third kappa shape index (κ3) is 2.70. The number of carbonyl (C=O) groups excluding carboxylic acids is 1. The number of ether oxygens (including phenoxy) is 1. The van der Waals surface area contributed by atoms with Gasteiger partial charge in [-0.15, -0.1) is 0 Å². The Morgan fingerprint density at radius 3 is 2.57 bits per heavy atom. The van der Waals surface area contributed by atoms with Crippen LogP contribution in [-0.4, -0.2) is 39.5 Å². The van der Waals surface area contributed by atoms with Crippen LogP contribution in [-0.2, 0) is 10.0 Å². The van der Waals surface area contributed by atoms with Gasteiger partial charge in [-0.2, -0.15) is 0 Å². The van der Waals surface area contributed by atoms with Crippen molar-refractivity contribution in [3.63, 3.8) is 0 Å². The van der Waals surface area contributed by atoms with Gasteiger partial charge in [-0.3, -0.25) is 4.90 Å². The van der Waals surface area contributed by atoms with Crippen LogP contribution in [0.5, 0.6) is 5.75 Å². The molecular formula is C14H20N2O4S. The summed E-state index contributed by atoms with van der Waals surface area (Å²) in [5, 5.41) is 0. The van der Waals surface area contributed by atoms with Gasteiger partial charge in [-0.1, -0.05) is 19.8 Å². The highest BCUT2D eigenvalue weighted by molar-refractivity contribution is 7.90. The van der Waals surface area contributed by atoms with E-state index >= 15 is 0 Å². The highest BCUT2D eigenvalue weighted by Gasteiger charge is 2.39. The van der Waals surface area contributed by atoms with Gasteiger partial charge in [0.05, 0.1) is 12.8 Å². The van der Waals surface area contributed by atoms with E-state index in [-0.39, 0.29) is 11.4 Å². The molecule has 0 aliphatic carbocycles. The predicted molar refractivity (Wildman–Crippen MR) is 80.2 cm³/mol. The first-order valence-electron chi connectivity index (χ1n) is 6.92. The largest absolute Gasteiger partial charge is 0.497 e. The van der Waals surface area contributed by atoms with Crippen LogP contribution in [0.15, 0.2) is 23.1 Å². The van der Waals surface area contributed by atoms with Crippen LogP contribution in [0.4, 0.5) is 10.5 Å². The van der Waals surface area contributed by atoms with Crippen molar-refractivity contribution in [3.8, 4) is 5.75 Å². The lowest BCUT2D eigenvalue weighted by molar-refractivity contribution is 0.228. The maximum absolute atomic E-state index is 12.6. The molecule has 1 aliphatic heterocycles. The molecular weight excluding hydrogens is 292 g/mol. The van der Waals surface area contributed by atoms with Crippen LogP contribution in [0.1, 0.15) is 26.2 Å². The zero-order chi connectivity index (χ0) is 15.6. The van der Waals surface area contributed by atoms with Crippen LogP contribution < -0.4 is 9.64 Å². The molecule has 0 atom stereocenters. The number of unbranched alkanes of at least 4 members (excludes halogenated alkanes) is 2. The molecule has 0 unspecified atom stereocenters. The Labute approximate surface area is 125 Å². The zero-order valence-corrected chi connectivity index (χ0v) is 13.3. The molecule has 2 rings (SSSR count). The van der Waals surface area contributed by atoms with Crippen molar-refractivity contribution in [1.82, 2.24) is 4.31 Å². The number of nitrogens with zero attached hydrogens (tertiary/aromatic N) is 2. The molecule has 0 bridgehead atoms. The maximum Gasteiger partial charge on any atom is 0.338 e. The minimum absolute atomic E-state index is 0.141. The third-order valence-corrected chi connectivity index (χ3v) is 5.38. The van der Waals surface area contributed by atoms with Crippen molar-refractivity contribution < 1.29 is 17.9 Å². The molecule has 7 heteroatoms. The number of anilines is 1. The topological polar surface area (TPSA) is 66.9 Å². The van der Waals surface area contributed by atoms with E-state index in [1.165, 1.54) is 18.1 Å². The molecule has 1 aromatic carbocycles. The van der Waals surface area contributed by atoms with Crippen molar-refractivity contribution in [2.45, 2.75) is 31.1 Å². The fraction of sp³-hybridized carbons (Fsp3) is 0.500. The Morgan fingerprint density at radius 2 is 1.95 bits per heavy atom. The summed E-state index contributed by atoms with van der Waals surface area (Å²) in [6, 6.07) is 4.12. The van der Waals surface area contributed by atoms with E-state index in [0.29, 0.717) is 17.9 Å². The second-order valence-electron chi connectivity index (χ2n) is 4.96. The van der Waals surface area contributed by atoms with Gasteiger partial charge >= 0.3 is 6.03 Å². The second-order valence-corrected chi connectivity index (χ2v) is 6.79. The first-order chi connectivity index (χ1) is 9.93. The number of sulfonamides is 1. The number of amides is 2. The van der Waals surface area contributed by atoms with Gasteiger partial charge in [0.2, 0.25) is 0 Å². The van der Waals surface area contributed by atoms with Gasteiger partial charge in [-0.25, -0.2) is 17.5 Å². The standard InChI is InChI=1S/C14H20N2O4S/c1-4-5-6-9-16-14(17)15(2)12-10-11(20-3)7-8-13(12)21(16,18)19/h7-8,10H,4-6,9H2,1-3H3. The van der Waals surface area contributed by atoms with E-state index in [0.717, 1.165) is 17.1 Å². The molecule has 0 aromatic heterocycles. The normalized spacial score (nSPS) is 16.8. The summed E-state index contributed by atoms with van der Waals surface area (Å²) in [6.07, 6.45) is 2.52. The zero-order valence-electron chi connectivity index (χ0n) is 12.5. The summed E-state index contributed by atoms with van der Waals surface area (Å²) in [7, 11) is -0.714. The molecule has 0 saturated carbocycles. The summed E-state index contributed by atoms with van der Waals surface area (Å²) in [4.78, 5) is 13.8. The second kappa shape index (κ2) is 5.93. The number of urea groups is 1. The fourth-order valence-corrected chi connectivity index (χ4v) is 3.95. The summed E-state index contributed by atoms with van der Waals surface area (Å²) in [6.45, 7) is 2.24. The van der Waals surface area contributed by atoms with E-state index in [1.54, 1.807) is 19.2 Å². The molecule has 6 nitrogen and oxygen atoms in total. The number of carbonyl (C=O) groups is 1. The molecule has 1 aliphatic rings. The van der Waals surface area contributed by atoms with Gasteiger partial charge in [0.25, 0.3) is 10.0 Å². The molecule has 1 aromatic rings. The number of benzene rings is 1. The maximum atomic E-state index is 12.6. The minimum atomic E-state index is -3.78. The van der Waals surface area contributed by atoms with Crippen LogP contribution in [0.3, 0.4) is 0 Å². The number of methoxy groups -OCH3 is 1. The molecule has 2 amide bonds. The summed E-state index contributed by atoms with van der Waals surface area (Å²) < 4.78 is 31.2. The SMILES string of the molecule is CCCCCN1C(=O)N(C)c2cc(OC)ccc2S1(=O)=O. The highest BCUT2D eigenvalue weighted by Crippen LogP contribution is 2.36. The van der Waals surface area contributed by atoms with E-state index in [9.17, 15) is 13.2 Å². The molecule has 0 saturated heterocycles. The van der Waals surface area contributed by atoms with E-state index in [2.05, 4.69) is 0 Å². The lowest BCUT2D eigenvalue weighted by Gasteiger charge is -2.34. The average Bonchev–Trinajstić information content (AvgIpc) is 2.48. The van der Waals surface area contributed by atoms with Gasteiger partial charge in [0.15, 0.2) is 0 Å². The Morgan fingerprint density at radius 1 is 1.24 bits per heavy atom. The lowest BCUT2D eigenvalue weighted by atomic mass is 10.2. The molecule has 0 fully saturated rings.